The van der Waals surface area contributed by atoms with E-state index in [0.717, 1.165) is 32.2 Å². The zero-order chi connectivity index (χ0) is 14.0. The summed E-state index contributed by atoms with van der Waals surface area (Å²) in [4.78, 5) is 2.50. The fourth-order valence-electron chi connectivity index (χ4n) is 3.82. The van der Waals surface area contributed by atoms with Crippen molar-refractivity contribution in [3.05, 3.63) is 29.3 Å². The second kappa shape index (κ2) is 5.54. The number of nitrogens with zero attached hydrogens (tertiary/aromatic N) is 1. The smallest absolute Gasteiger partial charge is 0.0953 e. The van der Waals surface area contributed by atoms with Gasteiger partial charge in [0.05, 0.1) is 5.66 Å². The molecule has 2 nitrogen and oxygen atoms in total. The fraction of sp³-hybridized carbons (Fsp3) is 0.647. The first kappa shape index (κ1) is 14.4. The summed E-state index contributed by atoms with van der Waals surface area (Å²) in [5.41, 5.74) is 11.0. The van der Waals surface area contributed by atoms with Crippen LogP contribution < -0.4 is 10.6 Å². The molecule has 0 amide bonds. The molecule has 2 N–H and O–H groups in total. The van der Waals surface area contributed by atoms with Gasteiger partial charge in [-0.05, 0) is 37.3 Å². The SMILES string of the molecule is CCCN1c2c(C)cccc2C(CC)C1(N)CCC. The van der Waals surface area contributed by atoms with Gasteiger partial charge in [0, 0.05) is 18.2 Å². The van der Waals surface area contributed by atoms with Crippen LogP contribution in [0.15, 0.2) is 18.2 Å². The number of nitrogens with two attached hydrogens (primary N) is 1. The molecule has 2 heteroatoms. The van der Waals surface area contributed by atoms with Crippen LogP contribution in [0.25, 0.3) is 0 Å². The molecule has 0 fully saturated rings. The van der Waals surface area contributed by atoms with Gasteiger partial charge in [-0.25, -0.2) is 0 Å². The van der Waals surface area contributed by atoms with Gasteiger partial charge in [0.1, 0.15) is 0 Å². The second-order valence-electron chi connectivity index (χ2n) is 5.87. The normalized spacial score (nSPS) is 25.7. The van der Waals surface area contributed by atoms with E-state index in [2.05, 4.69) is 50.8 Å². The topological polar surface area (TPSA) is 29.3 Å². The quantitative estimate of drug-likeness (QED) is 0.860. The Hall–Kier alpha value is -1.02. The van der Waals surface area contributed by atoms with Crippen LogP contribution in [0.1, 0.15) is 63.5 Å². The Bertz CT molecular complexity index is 441. The van der Waals surface area contributed by atoms with E-state index in [1.54, 1.807) is 0 Å². The van der Waals surface area contributed by atoms with Crippen LogP contribution in [0.3, 0.4) is 0 Å². The van der Waals surface area contributed by atoms with Crippen molar-refractivity contribution in [2.24, 2.45) is 5.73 Å². The van der Waals surface area contributed by atoms with E-state index in [-0.39, 0.29) is 5.66 Å². The molecule has 0 saturated carbocycles. The van der Waals surface area contributed by atoms with Crippen molar-refractivity contribution in [3.63, 3.8) is 0 Å². The van der Waals surface area contributed by atoms with E-state index < -0.39 is 0 Å². The zero-order valence-corrected chi connectivity index (χ0v) is 12.9. The van der Waals surface area contributed by atoms with Crippen LogP contribution in [0, 0.1) is 6.92 Å². The van der Waals surface area contributed by atoms with E-state index >= 15 is 0 Å². The molecule has 2 rings (SSSR count). The third-order valence-electron chi connectivity index (χ3n) is 4.53. The van der Waals surface area contributed by atoms with Crippen molar-refractivity contribution >= 4 is 5.69 Å². The van der Waals surface area contributed by atoms with Crippen LogP contribution in [0.5, 0.6) is 0 Å². The van der Waals surface area contributed by atoms with E-state index in [0.29, 0.717) is 5.92 Å². The van der Waals surface area contributed by atoms with Crippen molar-refractivity contribution in [2.45, 2.75) is 65.0 Å². The minimum absolute atomic E-state index is 0.187. The Morgan fingerprint density at radius 2 is 1.95 bits per heavy atom. The highest BCUT2D eigenvalue weighted by molar-refractivity contribution is 5.68. The predicted octanol–water partition coefficient (Wildman–Crippen LogP) is 4.17. The van der Waals surface area contributed by atoms with Gasteiger partial charge in [-0.2, -0.15) is 0 Å². The molecule has 2 atom stereocenters. The second-order valence-corrected chi connectivity index (χ2v) is 5.87. The summed E-state index contributed by atoms with van der Waals surface area (Å²) in [6, 6.07) is 6.67. The van der Waals surface area contributed by atoms with Crippen LogP contribution >= 0.6 is 0 Å². The van der Waals surface area contributed by atoms with E-state index in [4.69, 9.17) is 5.73 Å². The summed E-state index contributed by atoms with van der Waals surface area (Å²) in [5.74, 6) is 0.467. The molecule has 2 unspecified atom stereocenters. The molecular weight excluding hydrogens is 232 g/mol. The lowest BCUT2D eigenvalue weighted by Gasteiger charge is -2.41. The molecule has 1 aliphatic heterocycles. The van der Waals surface area contributed by atoms with Crippen molar-refractivity contribution in [1.29, 1.82) is 0 Å². The number of benzene rings is 1. The minimum Gasteiger partial charge on any atom is -0.352 e. The molecule has 1 aromatic rings. The summed E-state index contributed by atoms with van der Waals surface area (Å²) in [5, 5.41) is 0. The Morgan fingerprint density at radius 1 is 1.21 bits per heavy atom. The average molecular weight is 260 g/mol. The minimum atomic E-state index is -0.187. The molecule has 1 heterocycles. The van der Waals surface area contributed by atoms with Gasteiger partial charge >= 0.3 is 0 Å². The van der Waals surface area contributed by atoms with Gasteiger partial charge in [-0.1, -0.05) is 45.4 Å². The highest BCUT2D eigenvalue weighted by Gasteiger charge is 2.47. The summed E-state index contributed by atoms with van der Waals surface area (Å²) in [6.07, 6.45) is 4.47. The van der Waals surface area contributed by atoms with Crippen LogP contribution in [-0.2, 0) is 0 Å². The molecule has 0 bridgehead atoms. The van der Waals surface area contributed by atoms with Crippen molar-refractivity contribution < 1.29 is 0 Å². The standard InChI is InChI=1S/C17H28N2/c1-5-11-17(18)15(7-3)14-10-8-9-13(4)16(14)19(17)12-6-2/h8-10,15H,5-7,11-12,18H2,1-4H3. The Kier molecular flexibility index (Phi) is 4.19. The Balaban J connectivity index is 2.55. The van der Waals surface area contributed by atoms with Gasteiger partial charge < -0.3 is 10.6 Å². The summed E-state index contributed by atoms with van der Waals surface area (Å²) < 4.78 is 0. The summed E-state index contributed by atoms with van der Waals surface area (Å²) >= 11 is 0. The van der Waals surface area contributed by atoms with Gasteiger partial charge in [-0.15, -0.1) is 0 Å². The van der Waals surface area contributed by atoms with E-state index in [1.165, 1.54) is 16.8 Å². The van der Waals surface area contributed by atoms with Gasteiger partial charge in [0.15, 0.2) is 0 Å². The van der Waals surface area contributed by atoms with Crippen LogP contribution in [0.2, 0.25) is 0 Å². The third-order valence-corrected chi connectivity index (χ3v) is 4.53. The number of hydrogen-bond donors (Lipinski definition) is 1. The molecule has 1 aliphatic rings. The molecular formula is C17H28N2. The lowest BCUT2D eigenvalue weighted by Crippen LogP contribution is -2.56. The number of anilines is 1. The largest absolute Gasteiger partial charge is 0.352 e. The van der Waals surface area contributed by atoms with Gasteiger partial charge in [-0.3, -0.25) is 0 Å². The summed E-state index contributed by atoms with van der Waals surface area (Å²) in [6.45, 7) is 10.0. The van der Waals surface area contributed by atoms with E-state index in [1.807, 2.05) is 0 Å². The number of hydrogen-bond acceptors (Lipinski definition) is 2. The number of aryl methyl sites for hydroxylation is 1. The lowest BCUT2D eigenvalue weighted by molar-refractivity contribution is 0.316. The summed E-state index contributed by atoms with van der Waals surface area (Å²) in [7, 11) is 0. The van der Waals surface area contributed by atoms with Crippen molar-refractivity contribution in [2.75, 3.05) is 11.4 Å². The first-order valence-electron chi connectivity index (χ1n) is 7.76. The van der Waals surface area contributed by atoms with Gasteiger partial charge in [0.2, 0.25) is 0 Å². The van der Waals surface area contributed by atoms with Gasteiger partial charge in [0.25, 0.3) is 0 Å². The lowest BCUT2D eigenvalue weighted by atomic mass is 9.84. The Morgan fingerprint density at radius 3 is 2.53 bits per heavy atom. The molecule has 0 spiro atoms. The molecule has 19 heavy (non-hydrogen) atoms. The van der Waals surface area contributed by atoms with Crippen LogP contribution in [0.4, 0.5) is 5.69 Å². The van der Waals surface area contributed by atoms with E-state index in [9.17, 15) is 0 Å². The highest BCUT2D eigenvalue weighted by atomic mass is 15.3. The third kappa shape index (κ3) is 2.16. The fourth-order valence-corrected chi connectivity index (χ4v) is 3.82. The first-order valence-corrected chi connectivity index (χ1v) is 7.76. The zero-order valence-electron chi connectivity index (χ0n) is 12.9. The first-order chi connectivity index (χ1) is 9.10. The maximum Gasteiger partial charge on any atom is 0.0953 e. The molecule has 0 radical (unpaired) electrons. The molecule has 106 valence electrons. The number of fused-ring (bicyclic) bond motifs is 1. The number of rotatable bonds is 5. The number of para-hydroxylation sites is 1. The molecule has 0 aromatic heterocycles. The predicted molar refractivity (Wildman–Crippen MR) is 83.7 cm³/mol. The molecule has 0 aliphatic carbocycles. The highest BCUT2D eigenvalue weighted by Crippen LogP contribution is 2.50. The maximum absolute atomic E-state index is 6.90. The maximum atomic E-state index is 6.90. The van der Waals surface area contributed by atoms with Crippen molar-refractivity contribution in [3.8, 4) is 0 Å². The average Bonchev–Trinajstić information content (AvgIpc) is 2.61. The molecule has 0 saturated heterocycles. The van der Waals surface area contributed by atoms with Crippen molar-refractivity contribution in [1.82, 2.24) is 0 Å². The monoisotopic (exact) mass is 260 g/mol. The van der Waals surface area contributed by atoms with Crippen LogP contribution in [-0.4, -0.2) is 12.2 Å². The Labute approximate surface area is 118 Å². The molecule has 1 aromatic carbocycles.